The third-order valence-corrected chi connectivity index (χ3v) is 2.98. The normalized spacial score (nSPS) is 9.96. The molecule has 0 atom stereocenters. The number of amides is 2. The molecule has 0 saturated carbocycles. The number of nitro groups is 1. The van der Waals surface area contributed by atoms with Crippen molar-refractivity contribution in [2.45, 2.75) is 6.92 Å². The minimum absolute atomic E-state index is 0.149. The Bertz CT molecular complexity index is 789. The number of aryl methyl sites for hydroxylation is 1. The number of hydrogen-bond acceptors (Lipinski definition) is 5. The maximum absolute atomic E-state index is 11.9. The lowest BCUT2D eigenvalue weighted by Gasteiger charge is -2.09. The van der Waals surface area contributed by atoms with Gasteiger partial charge in [-0.2, -0.15) is 0 Å². The molecule has 0 heterocycles. The highest BCUT2D eigenvalue weighted by molar-refractivity contribution is 6.43. The lowest BCUT2D eigenvalue weighted by Crippen LogP contribution is -2.29. The van der Waals surface area contributed by atoms with Crippen molar-refractivity contribution in [3.8, 4) is 0 Å². The van der Waals surface area contributed by atoms with Crippen LogP contribution in [0.1, 0.15) is 5.56 Å². The Hall–Kier alpha value is -3.42. The molecule has 0 aliphatic rings. The number of nitrogens with two attached hydrogens (primary N) is 1. The van der Waals surface area contributed by atoms with Crippen molar-refractivity contribution in [2.75, 3.05) is 16.4 Å². The van der Waals surface area contributed by atoms with Gasteiger partial charge in [-0.25, -0.2) is 0 Å². The quantitative estimate of drug-likeness (QED) is 0.346. The summed E-state index contributed by atoms with van der Waals surface area (Å²) in [6.45, 7) is 1.84. The molecule has 0 saturated heterocycles. The van der Waals surface area contributed by atoms with E-state index in [1.165, 1.54) is 18.2 Å². The summed E-state index contributed by atoms with van der Waals surface area (Å²) in [7, 11) is 0. The minimum atomic E-state index is -0.953. The number of hydrogen-bond donors (Lipinski definition) is 3. The number of nitro benzene ring substituents is 1. The maximum atomic E-state index is 11.9. The Morgan fingerprint density at radius 3 is 2.43 bits per heavy atom. The van der Waals surface area contributed by atoms with Crippen LogP contribution in [0, 0.1) is 17.0 Å². The molecule has 0 bridgehead atoms. The highest BCUT2D eigenvalue weighted by Crippen LogP contribution is 2.20. The van der Waals surface area contributed by atoms with Crippen molar-refractivity contribution in [3.05, 3.63) is 58.1 Å². The molecule has 0 aromatic heterocycles. The van der Waals surface area contributed by atoms with Gasteiger partial charge < -0.3 is 16.4 Å². The van der Waals surface area contributed by atoms with Crippen molar-refractivity contribution in [2.24, 2.45) is 0 Å². The second-order valence-corrected chi connectivity index (χ2v) is 4.81. The van der Waals surface area contributed by atoms with Gasteiger partial charge in [0, 0.05) is 17.8 Å². The van der Waals surface area contributed by atoms with Gasteiger partial charge in [0.25, 0.3) is 5.69 Å². The monoisotopic (exact) mass is 314 g/mol. The Balaban J connectivity index is 2.07. The molecule has 8 heteroatoms. The zero-order chi connectivity index (χ0) is 17.0. The summed E-state index contributed by atoms with van der Waals surface area (Å²) in [5, 5.41) is 15.4. The van der Waals surface area contributed by atoms with Gasteiger partial charge in [-0.15, -0.1) is 0 Å². The number of nitrogen functional groups attached to an aromatic ring is 1. The predicted octanol–water partition coefficient (Wildman–Crippen LogP) is 2.06. The lowest BCUT2D eigenvalue weighted by atomic mass is 10.2. The number of non-ortho nitro benzene ring substituents is 1. The summed E-state index contributed by atoms with van der Waals surface area (Å²) < 4.78 is 0. The number of benzene rings is 2. The first-order valence-electron chi connectivity index (χ1n) is 6.60. The number of nitrogens with one attached hydrogen (secondary N) is 2. The van der Waals surface area contributed by atoms with Gasteiger partial charge in [0.05, 0.1) is 16.3 Å². The molecule has 4 N–H and O–H groups in total. The van der Waals surface area contributed by atoms with Crippen LogP contribution in [0.2, 0.25) is 0 Å². The van der Waals surface area contributed by atoms with Crippen molar-refractivity contribution in [1.29, 1.82) is 0 Å². The van der Waals surface area contributed by atoms with Crippen molar-refractivity contribution in [1.82, 2.24) is 0 Å². The van der Waals surface area contributed by atoms with E-state index in [0.29, 0.717) is 11.4 Å². The van der Waals surface area contributed by atoms with Crippen molar-refractivity contribution >= 4 is 34.6 Å². The minimum Gasteiger partial charge on any atom is -0.397 e. The van der Waals surface area contributed by atoms with E-state index in [0.717, 1.165) is 11.6 Å². The highest BCUT2D eigenvalue weighted by atomic mass is 16.6. The third-order valence-electron chi connectivity index (χ3n) is 2.98. The standard InChI is InChI=1S/C15H14N4O4/c1-9-5-6-13(12(16)7-9)18-15(21)14(20)17-10-3-2-4-11(8-10)19(22)23/h2-8H,16H2,1H3,(H,17,20)(H,18,21). The summed E-state index contributed by atoms with van der Waals surface area (Å²) in [4.78, 5) is 33.8. The van der Waals surface area contributed by atoms with Gasteiger partial charge in [-0.1, -0.05) is 12.1 Å². The molecule has 2 rings (SSSR count). The van der Waals surface area contributed by atoms with Crippen LogP contribution in [-0.2, 0) is 9.59 Å². The molecule has 0 spiro atoms. The molecule has 0 fully saturated rings. The van der Waals surface area contributed by atoms with E-state index in [4.69, 9.17) is 5.73 Å². The number of anilines is 3. The number of nitrogens with zero attached hydrogens (tertiary/aromatic N) is 1. The van der Waals surface area contributed by atoms with Crippen LogP contribution in [-0.4, -0.2) is 16.7 Å². The molecule has 0 radical (unpaired) electrons. The van der Waals surface area contributed by atoms with E-state index in [1.807, 2.05) is 6.92 Å². The molecular formula is C15H14N4O4. The van der Waals surface area contributed by atoms with Crippen LogP contribution in [0.25, 0.3) is 0 Å². The average Bonchev–Trinajstić information content (AvgIpc) is 2.50. The van der Waals surface area contributed by atoms with Crippen LogP contribution < -0.4 is 16.4 Å². The lowest BCUT2D eigenvalue weighted by molar-refractivity contribution is -0.384. The molecule has 2 aromatic carbocycles. The Kier molecular flexibility index (Phi) is 4.55. The van der Waals surface area contributed by atoms with Gasteiger partial charge in [-0.3, -0.25) is 19.7 Å². The van der Waals surface area contributed by atoms with Gasteiger partial charge >= 0.3 is 11.8 Å². The molecule has 2 aromatic rings. The first kappa shape index (κ1) is 16.0. The summed E-state index contributed by atoms with van der Waals surface area (Å²) in [5.41, 5.74) is 7.28. The Labute approximate surface area is 131 Å². The van der Waals surface area contributed by atoms with Gasteiger partial charge in [-0.05, 0) is 30.7 Å². The van der Waals surface area contributed by atoms with Gasteiger partial charge in [0.2, 0.25) is 0 Å². The molecule has 8 nitrogen and oxygen atoms in total. The van der Waals surface area contributed by atoms with Crippen LogP contribution in [0.5, 0.6) is 0 Å². The van der Waals surface area contributed by atoms with E-state index < -0.39 is 16.7 Å². The average molecular weight is 314 g/mol. The fourth-order valence-corrected chi connectivity index (χ4v) is 1.86. The Morgan fingerprint density at radius 1 is 1.09 bits per heavy atom. The first-order valence-corrected chi connectivity index (χ1v) is 6.60. The molecule has 0 aliphatic carbocycles. The zero-order valence-corrected chi connectivity index (χ0v) is 12.2. The number of carbonyl (C=O) groups excluding carboxylic acids is 2. The second-order valence-electron chi connectivity index (χ2n) is 4.81. The SMILES string of the molecule is Cc1ccc(NC(=O)C(=O)Nc2cccc([N+](=O)[O-])c2)c(N)c1. The number of carbonyl (C=O) groups is 2. The smallest absolute Gasteiger partial charge is 0.314 e. The fourth-order valence-electron chi connectivity index (χ4n) is 1.86. The topological polar surface area (TPSA) is 127 Å². The van der Waals surface area contributed by atoms with Crippen LogP contribution in [0.15, 0.2) is 42.5 Å². The van der Waals surface area contributed by atoms with Crippen LogP contribution in [0.3, 0.4) is 0 Å². The summed E-state index contributed by atoms with van der Waals surface area (Å²) in [6, 6.07) is 10.3. The van der Waals surface area contributed by atoms with E-state index in [9.17, 15) is 19.7 Å². The largest absolute Gasteiger partial charge is 0.397 e. The molecule has 2 amide bonds. The first-order chi connectivity index (χ1) is 10.9. The molecule has 0 aliphatic heterocycles. The molecule has 0 unspecified atom stereocenters. The number of rotatable bonds is 3. The zero-order valence-electron chi connectivity index (χ0n) is 12.2. The summed E-state index contributed by atoms with van der Waals surface area (Å²) in [5.74, 6) is -1.88. The van der Waals surface area contributed by atoms with Crippen LogP contribution >= 0.6 is 0 Å². The fraction of sp³-hybridized carbons (Fsp3) is 0.0667. The van der Waals surface area contributed by atoms with Crippen molar-refractivity contribution in [3.63, 3.8) is 0 Å². The predicted molar refractivity (Wildman–Crippen MR) is 85.9 cm³/mol. The maximum Gasteiger partial charge on any atom is 0.314 e. The van der Waals surface area contributed by atoms with E-state index in [-0.39, 0.29) is 11.4 Å². The van der Waals surface area contributed by atoms with Crippen LogP contribution in [0.4, 0.5) is 22.7 Å². The second kappa shape index (κ2) is 6.56. The van der Waals surface area contributed by atoms with E-state index in [2.05, 4.69) is 10.6 Å². The van der Waals surface area contributed by atoms with Gasteiger partial charge in [0.1, 0.15) is 0 Å². The van der Waals surface area contributed by atoms with E-state index >= 15 is 0 Å². The molecule has 118 valence electrons. The van der Waals surface area contributed by atoms with E-state index in [1.54, 1.807) is 18.2 Å². The third kappa shape index (κ3) is 4.03. The van der Waals surface area contributed by atoms with Crippen molar-refractivity contribution < 1.29 is 14.5 Å². The van der Waals surface area contributed by atoms with Gasteiger partial charge in [0.15, 0.2) is 0 Å². The summed E-state index contributed by atoms with van der Waals surface area (Å²) in [6.07, 6.45) is 0. The summed E-state index contributed by atoms with van der Waals surface area (Å²) >= 11 is 0. The molecule has 23 heavy (non-hydrogen) atoms. The Morgan fingerprint density at radius 2 is 1.78 bits per heavy atom. The molecular weight excluding hydrogens is 300 g/mol. The highest BCUT2D eigenvalue weighted by Gasteiger charge is 2.16.